The molecule has 4 atom stereocenters. The molecule has 0 radical (unpaired) electrons. The molecule has 0 aromatic heterocycles. The Morgan fingerprint density at radius 2 is 2.04 bits per heavy atom. The summed E-state index contributed by atoms with van der Waals surface area (Å²) in [5.74, 6) is 0.294. The number of benzene rings is 1. The van der Waals surface area contributed by atoms with Crippen LogP contribution in [-0.4, -0.2) is 40.0 Å². The lowest BCUT2D eigenvalue weighted by atomic mass is 9.48. The van der Waals surface area contributed by atoms with Crippen molar-refractivity contribution in [2.24, 2.45) is 16.3 Å². The minimum Gasteiger partial charge on any atom is -0.339 e. The Morgan fingerprint density at radius 3 is 2.85 bits per heavy atom. The third-order valence-electron chi connectivity index (χ3n) is 7.95. The highest BCUT2D eigenvalue weighted by Crippen LogP contribution is 2.66. The highest BCUT2D eigenvalue weighted by Gasteiger charge is 2.76. The number of para-hydroxylation sites is 1. The largest absolute Gasteiger partial charge is 0.339 e. The molecule has 4 saturated heterocycles. The Hall–Kier alpha value is -1.44. The van der Waals surface area contributed by atoms with Gasteiger partial charge in [-0.15, -0.1) is 0 Å². The zero-order chi connectivity index (χ0) is 18.8. The first-order chi connectivity index (χ1) is 12.8. The first-order valence-electron chi connectivity index (χ1n) is 9.79. The van der Waals surface area contributed by atoms with E-state index in [9.17, 15) is 9.59 Å². The Labute approximate surface area is 172 Å². The summed E-state index contributed by atoms with van der Waals surface area (Å²) < 4.78 is -0.353. The van der Waals surface area contributed by atoms with E-state index in [0.717, 1.165) is 24.9 Å². The van der Waals surface area contributed by atoms with Gasteiger partial charge in [0.05, 0.1) is 9.11 Å². The molecule has 1 saturated carbocycles. The molecule has 1 aliphatic carbocycles. The molecule has 1 N–H and O–H groups in total. The summed E-state index contributed by atoms with van der Waals surface area (Å²) in [6.45, 7) is 5.17. The van der Waals surface area contributed by atoms with Crippen molar-refractivity contribution in [3.05, 3.63) is 29.8 Å². The lowest BCUT2D eigenvalue weighted by Gasteiger charge is -2.66. The summed E-state index contributed by atoms with van der Waals surface area (Å²) in [4.78, 5) is 33.9. The van der Waals surface area contributed by atoms with Crippen LogP contribution in [0.1, 0.15) is 45.1 Å². The van der Waals surface area contributed by atoms with E-state index in [1.165, 1.54) is 11.3 Å². The number of hydrogen-bond acceptors (Lipinski definition) is 3. The molecule has 1 unspecified atom stereocenters. The van der Waals surface area contributed by atoms with Crippen LogP contribution >= 0.6 is 22.6 Å². The molecule has 2 bridgehead atoms. The van der Waals surface area contributed by atoms with Crippen LogP contribution in [0, 0.1) is 11.3 Å². The number of piperazine rings is 1. The van der Waals surface area contributed by atoms with Crippen LogP contribution in [0.15, 0.2) is 29.3 Å². The molecule has 140 valence electrons. The topological polar surface area (TPSA) is 61.8 Å². The second kappa shape index (κ2) is 4.58. The summed E-state index contributed by atoms with van der Waals surface area (Å²) in [7, 11) is 0. The normalized spacial score (nSPS) is 42.9. The van der Waals surface area contributed by atoms with Crippen LogP contribution in [0.2, 0.25) is 0 Å². The monoisotopic (exact) mass is 475 g/mol. The lowest BCUT2D eigenvalue weighted by molar-refractivity contribution is -0.181. The molecule has 1 aromatic rings. The van der Waals surface area contributed by atoms with Gasteiger partial charge in [0.15, 0.2) is 0 Å². The van der Waals surface area contributed by atoms with E-state index in [-0.39, 0.29) is 26.6 Å². The molecule has 1 aromatic carbocycles. The minimum atomic E-state index is -0.815. The van der Waals surface area contributed by atoms with Gasteiger partial charge in [-0.25, -0.2) is 0 Å². The van der Waals surface area contributed by atoms with Gasteiger partial charge in [0.2, 0.25) is 11.8 Å². The van der Waals surface area contributed by atoms with Gasteiger partial charge in [-0.05, 0) is 30.9 Å². The van der Waals surface area contributed by atoms with Gasteiger partial charge >= 0.3 is 0 Å². The average molecular weight is 475 g/mol. The molecule has 6 aliphatic rings. The van der Waals surface area contributed by atoms with Crippen molar-refractivity contribution in [2.45, 2.75) is 54.0 Å². The van der Waals surface area contributed by atoms with Crippen LogP contribution < -0.4 is 5.32 Å². The standard InChI is InChI=1S/C21H22IN3O2/c1-18(2)14-10-19-8-5-9-25(19)17(27)21(14,24-16(19)26)11-20(22)12-6-3-4-7-13(12)23-15(18)20/h3-4,6-7,14H,5,8-11H2,1-2H3,(H,24,26)/t14-,19-,20?,21-/m0/s1. The van der Waals surface area contributed by atoms with Crippen molar-refractivity contribution in [1.29, 1.82) is 0 Å². The number of amides is 2. The van der Waals surface area contributed by atoms with E-state index >= 15 is 0 Å². The van der Waals surface area contributed by atoms with Crippen molar-refractivity contribution < 1.29 is 9.59 Å². The number of rotatable bonds is 0. The van der Waals surface area contributed by atoms with Gasteiger partial charge < -0.3 is 10.2 Å². The molecule has 27 heavy (non-hydrogen) atoms. The second-order valence-corrected chi connectivity index (χ2v) is 11.3. The summed E-state index contributed by atoms with van der Waals surface area (Å²) >= 11 is 2.50. The molecule has 5 nitrogen and oxygen atoms in total. The Balaban J connectivity index is 1.60. The molecule has 2 spiro atoms. The van der Waals surface area contributed by atoms with Gasteiger partial charge in [-0.2, -0.15) is 0 Å². The Bertz CT molecular complexity index is 972. The van der Waals surface area contributed by atoms with Gasteiger partial charge in [0, 0.05) is 30.0 Å². The maximum atomic E-state index is 13.8. The van der Waals surface area contributed by atoms with E-state index in [1.54, 1.807) is 0 Å². The Morgan fingerprint density at radius 1 is 1.26 bits per heavy atom. The van der Waals surface area contributed by atoms with Crippen molar-refractivity contribution >= 4 is 45.8 Å². The van der Waals surface area contributed by atoms with Crippen molar-refractivity contribution in [1.82, 2.24) is 10.2 Å². The van der Waals surface area contributed by atoms with Crippen LogP contribution in [0.4, 0.5) is 5.69 Å². The number of carbonyl (C=O) groups is 2. The molecular weight excluding hydrogens is 453 g/mol. The fourth-order valence-corrected chi connectivity index (χ4v) is 8.69. The SMILES string of the molecule is CC1(C)C2=Nc3ccccc3C2(I)C[C@@]23NC(=O)[C@]4(CCCN4C2=O)C[C@@H]13. The first-order valence-corrected chi connectivity index (χ1v) is 10.9. The molecule has 2 amide bonds. The second-order valence-electron chi connectivity index (χ2n) is 9.45. The van der Waals surface area contributed by atoms with Gasteiger partial charge in [-0.3, -0.25) is 14.6 Å². The number of nitrogens with zero attached hydrogens (tertiary/aromatic N) is 2. The zero-order valence-electron chi connectivity index (χ0n) is 15.5. The number of aliphatic imine (C=N–C) groups is 1. The van der Waals surface area contributed by atoms with E-state index in [0.29, 0.717) is 13.0 Å². The number of hydrogen-bond donors (Lipinski definition) is 1. The number of nitrogens with one attached hydrogen (secondary N) is 1. The number of piperidine rings is 2. The fraction of sp³-hybridized carbons (Fsp3) is 0.571. The summed E-state index contributed by atoms with van der Waals surface area (Å²) in [6.07, 6.45) is 3.07. The van der Waals surface area contributed by atoms with Crippen LogP contribution in [-0.2, 0) is 13.0 Å². The first kappa shape index (κ1) is 16.5. The predicted molar refractivity (Wildman–Crippen MR) is 110 cm³/mol. The number of carbonyl (C=O) groups excluding carboxylic acids is 2. The van der Waals surface area contributed by atoms with Gasteiger partial charge in [-0.1, -0.05) is 54.6 Å². The lowest BCUT2D eigenvalue weighted by Crippen LogP contribution is -2.85. The van der Waals surface area contributed by atoms with Crippen LogP contribution in [0.5, 0.6) is 0 Å². The molecule has 6 heteroatoms. The third-order valence-corrected chi connectivity index (χ3v) is 9.43. The van der Waals surface area contributed by atoms with Crippen LogP contribution in [0.25, 0.3) is 0 Å². The molecule has 5 heterocycles. The average Bonchev–Trinajstić information content (AvgIpc) is 3.18. The number of halogens is 1. The van der Waals surface area contributed by atoms with Crippen LogP contribution in [0.3, 0.4) is 0 Å². The molecule has 5 aliphatic heterocycles. The predicted octanol–water partition coefficient (Wildman–Crippen LogP) is 3.08. The van der Waals surface area contributed by atoms with Crippen molar-refractivity contribution in [3.8, 4) is 0 Å². The summed E-state index contributed by atoms with van der Waals surface area (Å²) in [6, 6.07) is 8.25. The molecule has 7 rings (SSSR count). The van der Waals surface area contributed by atoms with Gasteiger partial charge in [0.25, 0.3) is 0 Å². The minimum absolute atomic E-state index is 0.0679. The number of fused-ring (bicyclic) bond motifs is 4. The summed E-state index contributed by atoms with van der Waals surface area (Å²) in [5.41, 5.74) is 1.65. The third kappa shape index (κ3) is 1.59. The van der Waals surface area contributed by atoms with Crippen molar-refractivity contribution in [3.63, 3.8) is 0 Å². The Kier molecular flexibility index (Phi) is 2.80. The maximum absolute atomic E-state index is 13.8. The van der Waals surface area contributed by atoms with E-state index < -0.39 is 11.1 Å². The van der Waals surface area contributed by atoms with Gasteiger partial charge in [0.1, 0.15) is 11.1 Å². The molecule has 5 fully saturated rings. The zero-order valence-corrected chi connectivity index (χ0v) is 17.7. The van der Waals surface area contributed by atoms with Crippen molar-refractivity contribution in [2.75, 3.05) is 6.54 Å². The molecular formula is C21H22IN3O2. The quantitative estimate of drug-likeness (QED) is 0.463. The fourth-order valence-electron chi connectivity index (χ4n) is 6.82. The van der Waals surface area contributed by atoms with E-state index in [4.69, 9.17) is 4.99 Å². The highest BCUT2D eigenvalue weighted by molar-refractivity contribution is 14.1. The highest BCUT2D eigenvalue weighted by atomic mass is 127. The smallest absolute Gasteiger partial charge is 0.249 e. The van der Waals surface area contributed by atoms with E-state index in [1.807, 2.05) is 17.0 Å². The number of alkyl halides is 1. The summed E-state index contributed by atoms with van der Waals surface area (Å²) in [5, 5.41) is 3.28. The van der Waals surface area contributed by atoms with E-state index in [2.05, 4.69) is 53.9 Å². The maximum Gasteiger partial charge on any atom is 0.249 e.